The molecule has 0 aromatic rings. The molecule has 0 N–H and O–H groups in total. The van der Waals surface area contributed by atoms with Crippen molar-refractivity contribution < 1.29 is 19.1 Å². The van der Waals surface area contributed by atoms with Crippen molar-refractivity contribution in [3.05, 3.63) is 0 Å². The third-order valence-electron chi connectivity index (χ3n) is 1.24. The first-order valence-corrected chi connectivity index (χ1v) is 9.48. The molecule has 0 fully saturated rings. The number of ketones is 2. The summed E-state index contributed by atoms with van der Waals surface area (Å²) in [5, 5.41) is 1.26. The van der Waals surface area contributed by atoms with Crippen LogP contribution in [0.4, 0.5) is 0 Å². The minimum atomic E-state index is -0.259. The van der Waals surface area contributed by atoms with Crippen molar-refractivity contribution in [1.82, 2.24) is 0 Å². The van der Waals surface area contributed by atoms with Crippen molar-refractivity contribution in [3.8, 4) is 0 Å². The molecule has 0 radical (unpaired) electrons. The van der Waals surface area contributed by atoms with Crippen LogP contribution >= 0.6 is 59.6 Å². The maximum absolute atomic E-state index is 10.7. The Labute approximate surface area is 136 Å². The van der Waals surface area contributed by atoms with Crippen molar-refractivity contribution in [3.63, 3.8) is 0 Å². The first kappa shape index (κ1) is 20.9. The third kappa shape index (κ3) is 16.6. The molecule has 0 aliphatic heterocycles. The molecule has 0 saturated heterocycles. The van der Waals surface area contributed by atoms with Gasteiger partial charge in [-0.25, -0.2) is 0 Å². The van der Waals surface area contributed by atoms with Gasteiger partial charge in [0.05, 0.1) is 34.1 Å². The molecular weight excluding hydrogens is 456 g/mol. The fourth-order valence-electron chi connectivity index (χ4n) is 0.525. The van der Waals surface area contributed by atoms with E-state index >= 15 is 0 Å². The number of esters is 1. The maximum Gasteiger partial charge on any atom is 0.315 e. The van der Waals surface area contributed by atoms with E-state index in [9.17, 15) is 14.4 Å². The van der Waals surface area contributed by atoms with E-state index in [1.165, 1.54) is 11.8 Å². The highest BCUT2D eigenvalue weighted by atomic mass is 79.9. The smallest absolute Gasteiger partial charge is 0.315 e. The van der Waals surface area contributed by atoms with Crippen LogP contribution in [0.15, 0.2) is 0 Å². The lowest BCUT2D eigenvalue weighted by Gasteiger charge is -1.99. The molecule has 8 heteroatoms. The number of carbonyl (C=O) groups excluding carboxylic acids is 3. The van der Waals surface area contributed by atoms with E-state index in [-0.39, 0.29) is 23.3 Å². The lowest BCUT2D eigenvalue weighted by molar-refractivity contribution is -0.139. The zero-order valence-electron chi connectivity index (χ0n) is 9.92. The van der Waals surface area contributed by atoms with Gasteiger partial charge >= 0.3 is 5.97 Å². The first-order chi connectivity index (χ1) is 8.51. The van der Waals surface area contributed by atoms with Crippen molar-refractivity contribution in [2.24, 2.45) is 0 Å². The summed E-state index contributed by atoms with van der Waals surface area (Å²) in [4.78, 5) is 31.6. The highest BCUT2D eigenvalue weighted by molar-refractivity contribution is 9.10. The molecule has 0 rings (SSSR count). The van der Waals surface area contributed by atoms with Gasteiger partial charge in [-0.2, -0.15) is 0 Å². The van der Waals surface area contributed by atoms with E-state index < -0.39 is 0 Å². The number of alkyl halides is 3. The Morgan fingerprint density at radius 1 is 0.944 bits per heavy atom. The molecular formula is C10H15Br3O4S. The molecule has 0 aliphatic rings. The molecule has 0 bridgehead atoms. The highest BCUT2D eigenvalue weighted by Gasteiger charge is 2.04. The number of hydrogen-bond donors (Lipinski definition) is 0. The van der Waals surface area contributed by atoms with Crippen LogP contribution in [-0.4, -0.2) is 51.6 Å². The average molecular weight is 471 g/mol. The summed E-state index contributed by atoms with van der Waals surface area (Å²) in [5.74, 6) is 0.626. The molecule has 0 aromatic carbocycles. The second kappa shape index (κ2) is 15.7. The lowest BCUT2D eigenvalue weighted by atomic mass is 10.5. The monoisotopic (exact) mass is 468 g/mol. The summed E-state index contributed by atoms with van der Waals surface area (Å²) in [6, 6.07) is 0. The standard InChI is InChI=1S/C7H11BrO3S.C3H4Br2O/c1-2-11-7(10)5-12-4-6(9)3-8;4-1-3(6)2-5/h2-5H2,1H3;1-2H2. The van der Waals surface area contributed by atoms with E-state index in [4.69, 9.17) is 0 Å². The second-order valence-corrected chi connectivity index (χ2v) is 5.44. The topological polar surface area (TPSA) is 60.4 Å². The van der Waals surface area contributed by atoms with Crippen LogP contribution in [0, 0.1) is 0 Å². The van der Waals surface area contributed by atoms with Gasteiger partial charge in [0, 0.05) is 0 Å². The minimum Gasteiger partial charge on any atom is -0.465 e. The van der Waals surface area contributed by atoms with E-state index in [0.29, 0.717) is 28.4 Å². The van der Waals surface area contributed by atoms with Crippen molar-refractivity contribution >= 4 is 77.1 Å². The number of thioether (sulfide) groups is 1. The van der Waals surface area contributed by atoms with Gasteiger partial charge in [0.1, 0.15) is 0 Å². The lowest BCUT2D eigenvalue weighted by Crippen LogP contribution is -2.10. The summed E-state index contributed by atoms with van der Waals surface area (Å²) in [6.45, 7) is 2.15. The second-order valence-electron chi connectivity index (χ2n) is 2.78. The van der Waals surface area contributed by atoms with Gasteiger partial charge in [-0.15, -0.1) is 11.8 Å². The van der Waals surface area contributed by atoms with Gasteiger partial charge in [0.15, 0.2) is 11.6 Å². The Kier molecular flexibility index (Phi) is 18.2. The maximum atomic E-state index is 10.7. The summed E-state index contributed by atoms with van der Waals surface area (Å²) >= 11 is 10.3. The number of rotatable bonds is 8. The van der Waals surface area contributed by atoms with Gasteiger partial charge in [0.2, 0.25) is 0 Å². The van der Waals surface area contributed by atoms with E-state index in [1.54, 1.807) is 6.92 Å². The van der Waals surface area contributed by atoms with Crippen molar-refractivity contribution in [2.75, 3.05) is 34.1 Å². The Balaban J connectivity index is 0. The fraction of sp³-hybridized carbons (Fsp3) is 0.700. The van der Waals surface area contributed by atoms with Crippen LogP contribution in [0.1, 0.15) is 6.92 Å². The molecule has 18 heavy (non-hydrogen) atoms. The van der Waals surface area contributed by atoms with Crippen LogP contribution in [0.5, 0.6) is 0 Å². The molecule has 0 spiro atoms. The number of ether oxygens (including phenoxy) is 1. The number of carbonyl (C=O) groups is 3. The summed E-state index contributed by atoms with van der Waals surface area (Å²) in [7, 11) is 0. The largest absolute Gasteiger partial charge is 0.465 e. The molecule has 0 unspecified atom stereocenters. The van der Waals surface area contributed by atoms with Crippen LogP contribution in [0.3, 0.4) is 0 Å². The SMILES string of the molecule is CCOC(=O)CSCC(=O)CBr.O=C(CBr)CBr. The predicted molar refractivity (Wildman–Crippen MR) is 85.4 cm³/mol. The van der Waals surface area contributed by atoms with E-state index in [0.717, 1.165) is 0 Å². The quantitative estimate of drug-likeness (QED) is 0.403. The van der Waals surface area contributed by atoms with Gasteiger partial charge in [-0.1, -0.05) is 47.8 Å². The van der Waals surface area contributed by atoms with Crippen LogP contribution in [0.2, 0.25) is 0 Å². The molecule has 106 valence electrons. The number of hydrogen-bond acceptors (Lipinski definition) is 5. The summed E-state index contributed by atoms with van der Waals surface area (Å²) in [6.07, 6.45) is 0. The minimum absolute atomic E-state index is 0.0873. The Bertz CT molecular complexity index is 256. The van der Waals surface area contributed by atoms with Crippen LogP contribution in [-0.2, 0) is 19.1 Å². The summed E-state index contributed by atoms with van der Waals surface area (Å²) in [5.41, 5.74) is 0. The van der Waals surface area contributed by atoms with Gasteiger partial charge in [-0.05, 0) is 6.92 Å². The molecule has 0 atom stereocenters. The Morgan fingerprint density at radius 2 is 1.44 bits per heavy atom. The van der Waals surface area contributed by atoms with E-state index in [2.05, 4.69) is 52.5 Å². The number of Topliss-reactive ketones (excluding diaryl/α,β-unsaturated/α-hetero) is 2. The summed E-state index contributed by atoms with van der Waals surface area (Å²) < 4.78 is 4.67. The van der Waals surface area contributed by atoms with Crippen LogP contribution in [0.25, 0.3) is 0 Å². The molecule has 0 saturated carbocycles. The van der Waals surface area contributed by atoms with Crippen molar-refractivity contribution in [1.29, 1.82) is 0 Å². The normalized spacial score (nSPS) is 9.11. The third-order valence-corrected chi connectivity index (χ3v) is 4.08. The van der Waals surface area contributed by atoms with Gasteiger partial charge < -0.3 is 4.74 Å². The van der Waals surface area contributed by atoms with E-state index in [1.807, 2.05) is 0 Å². The Hall–Kier alpha value is 0.600. The van der Waals surface area contributed by atoms with Crippen LogP contribution < -0.4 is 0 Å². The van der Waals surface area contributed by atoms with Crippen molar-refractivity contribution in [2.45, 2.75) is 6.92 Å². The predicted octanol–water partition coefficient (Wildman–Crippen LogP) is 2.59. The molecule has 0 aromatic heterocycles. The molecule has 0 aliphatic carbocycles. The molecule has 0 amide bonds. The van der Waals surface area contributed by atoms with Gasteiger partial charge in [-0.3, -0.25) is 14.4 Å². The fourth-order valence-corrected chi connectivity index (χ4v) is 2.60. The van der Waals surface area contributed by atoms with Gasteiger partial charge in [0.25, 0.3) is 0 Å². The zero-order valence-corrected chi connectivity index (χ0v) is 15.5. The average Bonchev–Trinajstić information content (AvgIpc) is 2.38. The molecule has 0 heterocycles. The first-order valence-electron chi connectivity index (χ1n) is 4.96. The highest BCUT2D eigenvalue weighted by Crippen LogP contribution is 2.01. The number of halogens is 3. The zero-order chi connectivity index (χ0) is 14.4. The Morgan fingerprint density at radius 3 is 1.78 bits per heavy atom. The molecule has 4 nitrogen and oxygen atoms in total.